The van der Waals surface area contributed by atoms with Gasteiger partial charge in [-0.3, -0.25) is 9.36 Å². The molecule has 0 saturated heterocycles. The number of benzene rings is 2. The maximum Gasteiger partial charge on any atom is 0.234 e. The van der Waals surface area contributed by atoms with Gasteiger partial charge >= 0.3 is 0 Å². The molecule has 3 aromatic rings. The molecule has 162 valence electrons. The van der Waals surface area contributed by atoms with Gasteiger partial charge in [-0.05, 0) is 56.5 Å². The van der Waals surface area contributed by atoms with E-state index in [0.717, 1.165) is 33.7 Å². The molecule has 0 aliphatic carbocycles. The summed E-state index contributed by atoms with van der Waals surface area (Å²) in [5.41, 5.74) is 5.24. The fourth-order valence-electron chi connectivity index (χ4n) is 3.12. The average molecular weight is 437 g/mol. The Balaban J connectivity index is 1.64. The van der Waals surface area contributed by atoms with E-state index in [0.29, 0.717) is 24.1 Å². The second-order valence-electron chi connectivity index (χ2n) is 7.51. The summed E-state index contributed by atoms with van der Waals surface area (Å²) in [5.74, 6) is 1.67. The zero-order chi connectivity index (χ0) is 22.4. The molecule has 0 aliphatic heterocycles. The predicted molar refractivity (Wildman–Crippen MR) is 126 cm³/mol. The molecule has 0 bridgehead atoms. The van der Waals surface area contributed by atoms with Crippen molar-refractivity contribution in [2.75, 3.05) is 11.1 Å². The number of hydrogen-bond donors (Lipinski definition) is 1. The van der Waals surface area contributed by atoms with E-state index in [-0.39, 0.29) is 11.7 Å². The van der Waals surface area contributed by atoms with E-state index in [1.807, 2.05) is 62.6 Å². The minimum absolute atomic E-state index is 0.0849. The molecule has 0 unspecified atom stereocenters. The van der Waals surface area contributed by atoms with Crippen LogP contribution in [0.15, 0.2) is 54.2 Å². The normalized spacial score (nSPS) is 10.7. The van der Waals surface area contributed by atoms with Crippen LogP contribution in [0.1, 0.15) is 28.1 Å². The monoisotopic (exact) mass is 436 g/mol. The summed E-state index contributed by atoms with van der Waals surface area (Å²) in [6.07, 6.45) is 1.78. The van der Waals surface area contributed by atoms with Crippen LogP contribution in [-0.2, 0) is 17.9 Å². The highest BCUT2D eigenvalue weighted by Crippen LogP contribution is 2.23. The number of nitrogens with one attached hydrogen (secondary N) is 1. The largest absolute Gasteiger partial charge is 0.485 e. The van der Waals surface area contributed by atoms with Gasteiger partial charge in [0, 0.05) is 12.2 Å². The number of rotatable bonds is 9. The minimum Gasteiger partial charge on any atom is -0.485 e. The van der Waals surface area contributed by atoms with Crippen LogP contribution >= 0.6 is 11.8 Å². The Kier molecular flexibility index (Phi) is 7.52. The van der Waals surface area contributed by atoms with Crippen molar-refractivity contribution in [1.29, 1.82) is 0 Å². The number of aromatic nitrogens is 3. The molecule has 2 aromatic carbocycles. The summed E-state index contributed by atoms with van der Waals surface area (Å²) in [5, 5.41) is 12.2. The Morgan fingerprint density at radius 1 is 1.10 bits per heavy atom. The fraction of sp³-hybridized carbons (Fsp3) is 0.292. The zero-order valence-electron chi connectivity index (χ0n) is 18.4. The Bertz CT molecular complexity index is 1090. The second-order valence-corrected chi connectivity index (χ2v) is 8.45. The molecule has 1 aromatic heterocycles. The van der Waals surface area contributed by atoms with Crippen LogP contribution in [0.3, 0.4) is 0 Å². The van der Waals surface area contributed by atoms with Crippen molar-refractivity contribution in [2.45, 2.75) is 46.0 Å². The molecule has 0 radical (unpaired) electrons. The van der Waals surface area contributed by atoms with Gasteiger partial charge in [0.25, 0.3) is 0 Å². The number of amides is 1. The van der Waals surface area contributed by atoms with Crippen LogP contribution in [-0.4, -0.2) is 26.4 Å². The van der Waals surface area contributed by atoms with Crippen molar-refractivity contribution >= 4 is 23.4 Å². The van der Waals surface area contributed by atoms with E-state index in [2.05, 4.69) is 28.2 Å². The number of hydrogen-bond acceptors (Lipinski definition) is 5. The quantitative estimate of drug-likeness (QED) is 0.377. The highest BCUT2D eigenvalue weighted by atomic mass is 32.2. The predicted octanol–water partition coefficient (Wildman–Crippen LogP) is 5.01. The van der Waals surface area contributed by atoms with Crippen molar-refractivity contribution in [3.8, 4) is 5.75 Å². The van der Waals surface area contributed by atoms with E-state index in [4.69, 9.17) is 4.74 Å². The lowest BCUT2D eigenvalue weighted by Crippen LogP contribution is -2.15. The number of aryl methyl sites for hydroxylation is 4. The number of allylic oxidation sites excluding steroid dienone is 1. The number of thioether (sulfide) groups is 1. The van der Waals surface area contributed by atoms with Gasteiger partial charge in [0.15, 0.2) is 11.0 Å². The van der Waals surface area contributed by atoms with E-state index in [1.165, 1.54) is 11.8 Å². The number of carbonyl (C=O) groups excluding carboxylic acids is 1. The van der Waals surface area contributed by atoms with E-state index in [9.17, 15) is 4.79 Å². The summed E-state index contributed by atoms with van der Waals surface area (Å²) in [6, 6.07) is 12.1. The summed E-state index contributed by atoms with van der Waals surface area (Å²) in [6.45, 7) is 12.7. The summed E-state index contributed by atoms with van der Waals surface area (Å²) in [7, 11) is 0. The summed E-state index contributed by atoms with van der Waals surface area (Å²) in [4.78, 5) is 12.4. The van der Waals surface area contributed by atoms with Crippen molar-refractivity contribution in [3.05, 3.63) is 77.1 Å². The molecule has 1 heterocycles. The van der Waals surface area contributed by atoms with Crippen LogP contribution in [0.25, 0.3) is 0 Å². The van der Waals surface area contributed by atoms with Crippen molar-refractivity contribution in [1.82, 2.24) is 14.8 Å². The van der Waals surface area contributed by atoms with E-state index >= 15 is 0 Å². The zero-order valence-corrected chi connectivity index (χ0v) is 19.3. The first-order valence-electron chi connectivity index (χ1n) is 10.1. The van der Waals surface area contributed by atoms with Crippen LogP contribution in [0, 0.1) is 27.7 Å². The molecule has 0 aliphatic rings. The van der Waals surface area contributed by atoms with Gasteiger partial charge in [0.1, 0.15) is 12.4 Å². The van der Waals surface area contributed by atoms with Crippen LogP contribution in [0.4, 0.5) is 5.69 Å². The molecule has 1 amide bonds. The lowest BCUT2D eigenvalue weighted by Gasteiger charge is -2.11. The van der Waals surface area contributed by atoms with Crippen molar-refractivity contribution < 1.29 is 9.53 Å². The first kappa shape index (κ1) is 22.6. The fourth-order valence-corrected chi connectivity index (χ4v) is 3.89. The molecule has 0 spiro atoms. The SMILES string of the molecule is C=CCn1c(COc2cc(C)ccc2C)nnc1SCC(=O)Nc1ccc(C)cc1C. The molecule has 6 nitrogen and oxygen atoms in total. The summed E-state index contributed by atoms with van der Waals surface area (Å²) < 4.78 is 7.91. The first-order valence-corrected chi connectivity index (χ1v) is 11.1. The number of nitrogens with zero attached hydrogens (tertiary/aromatic N) is 3. The molecule has 3 rings (SSSR count). The summed E-state index contributed by atoms with van der Waals surface area (Å²) >= 11 is 1.35. The van der Waals surface area contributed by atoms with E-state index < -0.39 is 0 Å². The Labute approximate surface area is 187 Å². The number of anilines is 1. The van der Waals surface area contributed by atoms with Gasteiger partial charge in [-0.25, -0.2) is 0 Å². The maximum absolute atomic E-state index is 12.4. The maximum atomic E-state index is 12.4. The topological polar surface area (TPSA) is 69.0 Å². The molecule has 0 saturated carbocycles. The van der Waals surface area contributed by atoms with Gasteiger partial charge in [0.05, 0.1) is 5.75 Å². The smallest absolute Gasteiger partial charge is 0.234 e. The molecular formula is C24H28N4O2S. The highest BCUT2D eigenvalue weighted by Gasteiger charge is 2.15. The van der Waals surface area contributed by atoms with Gasteiger partial charge < -0.3 is 10.1 Å². The number of carbonyl (C=O) groups is 1. The second kappa shape index (κ2) is 10.3. The minimum atomic E-state index is -0.0849. The molecule has 0 fully saturated rings. The third-order valence-electron chi connectivity index (χ3n) is 4.79. The molecule has 0 atom stereocenters. The van der Waals surface area contributed by atoms with Gasteiger partial charge in [-0.15, -0.1) is 16.8 Å². The van der Waals surface area contributed by atoms with Crippen molar-refractivity contribution in [2.24, 2.45) is 0 Å². The van der Waals surface area contributed by atoms with Gasteiger partial charge in [0.2, 0.25) is 5.91 Å². The van der Waals surface area contributed by atoms with Crippen LogP contribution in [0.5, 0.6) is 5.75 Å². The lowest BCUT2D eigenvalue weighted by atomic mass is 10.1. The first-order chi connectivity index (χ1) is 14.9. The Morgan fingerprint density at radius 3 is 2.58 bits per heavy atom. The average Bonchev–Trinajstić information content (AvgIpc) is 3.11. The molecule has 1 N–H and O–H groups in total. The van der Waals surface area contributed by atoms with Gasteiger partial charge in [-0.1, -0.05) is 47.7 Å². The van der Waals surface area contributed by atoms with Crippen LogP contribution < -0.4 is 10.1 Å². The molecule has 7 heteroatoms. The molecular weight excluding hydrogens is 408 g/mol. The highest BCUT2D eigenvalue weighted by molar-refractivity contribution is 7.99. The standard InChI is InChI=1S/C24H28N4O2S/c1-6-11-28-22(14-30-21-13-17(3)7-9-18(21)4)26-27-24(28)31-15-23(29)25-20-10-8-16(2)12-19(20)5/h6-10,12-13H,1,11,14-15H2,2-5H3,(H,25,29). The third-order valence-corrected chi connectivity index (χ3v) is 5.76. The van der Waals surface area contributed by atoms with Gasteiger partial charge in [-0.2, -0.15) is 0 Å². The lowest BCUT2D eigenvalue weighted by molar-refractivity contribution is -0.113. The van der Waals surface area contributed by atoms with Crippen molar-refractivity contribution in [3.63, 3.8) is 0 Å². The number of ether oxygens (including phenoxy) is 1. The van der Waals surface area contributed by atoms with E-state index in [1.54, 1.807) is 6.08 Å². The van der Waals surface area contributed by atoms with Crippen LogP contribution in [0.2, 0.25) is 0 Å². The third kappa shape index (κ3) is 5.98. The Hall–Kier alpha value is -3.06. The Morgan fingerprint density at radius 2 is 1.84 bits per heavy atom. The molecule has 31 heavy (non-hydrogen) atoms.